The third-order valence-corrected chi connectivity index (χ3v) is 3.15. The van der Waals surface area contributed by atoms with E-state index in [2.05, 4.69) is 5.32 Å². The molecule has 0 aliphatic carbocycles. The molecule has 1 saturated heterocycles. The van der Waals surface area contributed by atoms with Crippen LogP contribution in [0.2, 0.25) is 0 Å². The van der Waals surface area contributed by atoms with Gasteiger partial charge in [0, 0.05) is 11.6 Å². The van der Waals surface area contributed by atoms with Gasteiger partial charge in [0.25, 0.3) is 0 Å². The van der Waals surface area contributed by atoms with Crippen molar-refractivity contribution in [2.45, 2.75) is 24.9 Å². The zero-order valence-corrected chi connectivity index (χ0v) is 10.1. The molecule has 92 valence electrons. The highest BCUT2D eigenvalue weighted by Gasteiger charge is 2.31. The first-order valence-corrected chi connectivity index (χ1v) is 5.73. The number of para-hydroxylation sites is 1. The highest BCUT2D eigenvalue weighted by molar-refractivity contribution is 5.76. The maximum Gasteiger partial charge on any atom is 0.322 e. The number of rotatable bonds is 3. The molecule has 1 aromatic rings. The van der Waals surface area contributed by atoms with Crippen LogP contribution in [0.25, 0.3) is 0 Å². The van der Waals surface area contributed by atoms with Crippen molar-refractivity contribution in [1.82, 2.24) is 5.32 Å². The summed E-state index contributed by atoms with van der Waals surface area (Å²) in [7, 11) is 3.08. The molecule has 1 aromatic carbocycles. The largest absolute Gasteiger partial charge is 0.496 e. The molecule has 1 aliphatic rings. The van der Waals surface area contributed by atoms with Crippen molar-refractivity contribution in [2.24, 2.45) is 0 Å². The number of carbonyl (C=O) groups is 1. The smallest absolute Gasteiger partial charge is 0.322 e. The predicted molar refractivity (Wildman–Crippen MR) is 63.9 cm³/mol. The summed E-state index contributed by atoms with van der Waals surface area (Å²) >= 11 is 0. The van der Waals surface area contributed by atoms with Gasteiger partial charge in [-0.1, -0.05) is 18.2 Å². The van der Waals surface area contributed by atoms with Crippen molar-refractivity contribution >= 4 is 5.97 Å². The fourth-order valence-electron chi connectivity index (χ4n) is 2.27. The summed E-state index contributed by atoms with van der Waals surface area (Å²) in [5.74, 6) is 0.665. The Morgan fingerprint density at radius 3 is 2.76 bits per heavy atom. The second-order valence-electron chi connectivity index (χ2n) is 4.11. The minimum Gasteiger partial charge on any atom is -0.496 e. The molecule has 1 N–H and O–H groups in total. The maximum atomic E-state index is 11.4. The van der Waals surface area contributed by atoms with Crippen molar-refractivity contribution in [2.75, 3.05) is 14.2 Å². The van der Waals surface area contributed by atoms with Crippen LogP contribution in [0.1, 0.15) is 24.4 Å². The molecule has 0 radical (unpaired) electrons. The normalized spacial score (nSPS) is 23.4. The Labute approximate surface area is 101 Å². The van der Waals surface area contributed by atoms with E-state index in [9.17, 15) is 4.79 Å². The summed E-state index contributed by atoms with van der Waals surface area (Å²) in [6, 6.07) is 7.84. The quantitative estimate of drug-likeness (QED) is 0.809. The standard InChI is InChI=1S/C13H17NO3/c1-16-12-6-4-3-5-9(12)10-7-8-11(14-10)13(15)17-2/h3-6,10-11,14H,7-8H2,1-2H3/t10?,11-/m0/s1. The Balaban J connectivity index is 2.12. The van der Waals surface area contributed by atoms with E-state index in [0.29, 0.717) is 0 Å². The summed E-state index contributed by atoms with van der Waals surface area (Å²) in [4.78, 5) is 11.4. The Kier molecular flexibility index (Phi) is 3.64. The lowest BCUT2D eigenvalue weighted by atomic mass is 10.0. The van der Waals surface area contributed by atoms with Crippen LogP contribution in [0, 0.1) is 0 Å². The highest BCUT2D eigenvalue weighted by atomic mass is 16.5. The SMILES string of the molecule is COC(=O)[C@@H]1CCC(c2ccccc2OC)N1. The van der Waals surface area contributed by atoms with E-state index in [0.717, 1.165) is 24.2 Å². The van der Waals surface area contributed by atoms with E-state index in [-0.39, 0.29) is 18.1 Å². The summed E-state index contributed by atoms with van der Waals surface area (Å²) in [6.45, 7) is 0. The summed E-state index contributed by atoms with van der Waals surface area (Å²) in [5, 5.41) is 3.28. The van der Waals surface area contributed by atoms with Crippen molar-refractivity contribution in [3.05, 3.63) is 29.8 Å². The van der Waals surface area contributed by atoms with Crippen molar-refractivity contribution in [3.63, 3.8) is 0 Å². The molecule has 0 aromatic heterocycles. The number of methoxy groups -OCH3 is 2. The van der Waals surface area contributed by atoms with E-state index in [4.69, 9.17) is 9.47 Å². The number of ether oxygens (including phenoxy) is 2. The Morgan fingerprint density at radius 2 is 2.06 bits per heavy atom. The van der Waals surface area contributed by atoms with Gasteiger partial charge in [-0.05, 0) is 18.9 Å². The minimum absolute atomic E-state index is 0.162. The zero-order chi connectivity index (χ0) is 12.3. The lowest BCUT2D eigenvalue weighted by molar-refractivity contribution is -0.142. The molecule has 4 nitrogen and oxygen atoms in total. The Morgan fingerprint density at radius 1 is 1.29 bits per heavy atom. The maximum absolute atomic E-state index is 11.4. The molecule has 1 heterocycles. The van der Waals surface area contributed by atoms with Crippen LogP contribution in [0.15, 0.2) is 24.3 Å². The van der Waals surface area contributed by atoms with Gasteiger partial charge in [-0.2, -0.15) is 0 Å². The van der Waals surface area contributed by atoms with Crippen LogP contribution in [0.4, 0.5) is 0 Å². The zero-order valence-electron chi connectivity index (χ0n) is 10.1. The van der Waals surface area contributed by atoms with Crippen LogP contribution < -0.4 is 10.1 Å². The summed E-state index contributed by atoms with van der Waals surface area (Å²) in [6.07, 6.45) is 1.72. The first-order chi connectivity index (χ1) is 8.26. The van der Waals surface area contributed by atoms with Crippen molar-refractivity contribution < 1.29 is 14.3 Å². The third-order valence-electron chi connectivity index (χ3n) is 3.15. The molecule has 0 spiro atoms. The first-order valence-electron chi connectivity index (χ1n) is 5.73. The molecule has 2 rings (SSSR count). The van der Waals surface area contributed by atoms with Gasteiger partial charge in [-0.15, -0.1) is 0 Å². The number of hydrogen-bond donors (Lipinski definition) is 1. The van der Waals surface area contributed by atoms with Crippen molar-refractivity contribution in [1.29, 1.82) is 0 Å². The fraction of sp³-hybridized carbons (Fsp3) is 0.462. The topological polar surface area (TPSA) is 47.6 Å². The van der Waals surface area contributed by atoms with Gasteiger partial charge in [0.1, 0.15) is 11.8 Å². The fourth-order valence-corrected chi connectivity index (χ4v) is 2.27. The molecule has 1 unspecified atom stereocenters. The van der Waals surface area contributed by atoms with E-state index < -0.39 is 0 Å². The average molecular weight is 235 g/mol. The molecule has 0 saturated carbocycles. The number of carbonyl (C=O) groups excluding carboxylic acids is 1. The number of benzene rings is 1. The second kappa shape index (κ2) is 5.19. The highest BCUT2D eigenvalue weighted by Crippen LogP contribution is 2.32. The minimum atomic E-state index is -0.199. The number of nitrogens with one attached hydrogen (secondary N) is 1. The Hall–Kier alpha value is -1.55. The average Bonchev–Trinajstić information content (AvgIpc) is 2.87. The molecular formula is C13H17NO3. The lowest BCUT2D eigenvalue weighted by Gasteiger charge is -2.16. The molecule has 0 amide bonds. The van der Waals surface area contributed by atoms with Gasteiger partial charge in [0.05, 0.1) is 14.2 Å². The summed E-state index contributed by atoms with van der Waals surface area (Å²) in [5.41, 5.74) is 1.10. The molecular weight excluding hydrogens is 218 g/mol. The van der Waals surface area contributed by atoms with Gasteiger partial charge in [-0.25, -0.2) is 0 Å². The third kappa shape index (κ3) is 2.42. The molecule has 0 bridgehead atoms. The van der Waals surface area contributed by atoms with Gasteiger partial charge >= 0.3 is 5.97 Å². The number of esters is 1. The van der Waals surface area contributed by atoms with Gasteiger partial charge in [-0.3, -0.25) is 10.1 Å². The van der Waals surface area contributed by atoms with E-state index in [1.165, 1.54) is 7.11 Å². The molecule has 2 atom stereocenters. The molecule has 4 heteroatoms. The molecule has 17 heavy (non-hydrogen) atoms. The van der Waals surface area contributed by atoms with Gasteiger partial charge in [0.15, 0.2) is 0 Å². The van der Waals surface area contributed by atoms with Gasteiger partial charge in [0.2, 0.25) is 0 Å². The van der Waals surface area contributed by atoms with E-state index in [1.54, 1.807) is 7.11 Å². The Bertz CT molecular complexity index is 405. The van der Waals surface area contributed by atoms with Crippen LogP contribution in [0.5, 0.6) is 5.75 Å². The lowest BCUT2D eigenvalue weighted by Crippen LogP contribution is -2.33. The molecule has 1 fully saturated rings. The van der Waals surface area contributed by atoms with Crippen molar-refractivity contribution in [3.8, 4) is 5.75 Å². The van der Waals surface area contributed by atoms with Crippen LogP contribution in [-0.4, -0.2) is 26.2 Å². The van der Waals surface area contributed by atoms with Gasteiger partial charge < -0.3 is 9.47 Å². The van der Waals surface area contributed by atoms with E-state index in [1.807, 2.05) is 24.3 Å². The predicted octanol–water partition coefficient (Wildman–Crippen LogP) is 1.66. The number of hydrogen-bond acceptors (Lipinski definition) is 4. The summed E-state index contributed by atoms with van der Waals surface area (Å²) < 4.78 is 10.1. The first kappa shape index (κ1) is 11.9. The van der Waals surface area contributed by atoms with Crippen LogP contribution in [-0.2, 0) is 9.53 Å². The van der Waals surface area contributed by atoms with Crippen LogP contribution >= 0.6 is 0 Å². The monoisotopic (exact) mass is 235 g/mol. The molecule has 1 aliphatic heterocycles. The van der Waals surface area contributed by atoms with Crippen LogP contribution in [0.3, 0.4) is 0 Å². The second-order valence-corrected chi connectivity index (χ2v) is 4.11. The van der Waals surface area contributed by atoms with E-state index >= 15 is 0 Å².